The molecular formula is C40H24N2. The molecule has 0 aliphatic carbocycles. The largest absolute Gasteiger partial charge is 0.244 e. The molecule has 0 amide bonds. The molecule has 0 atom stereocenters. The van der Waals surface area contributed by atoms with E-state index in [1.54, 1.807) is 0 Å². The molecule has 0 aliphatic rings. The van der Waals surface area contributed by atoms with Crippen LogP contribution in [-0.4, -0.2) is 9.97 Å². The molecule has 0 radical (unpaired) electrons. The van der Waals surface area contributed by atoms with Gasteiger partial charge in [0.15, 0.2) is 0 Å². The Kier molecular flexibility index (Phi) is 5.99. The first-order valence-corrected chi connectivity index (χ1v) is 13.9. The maximum atomic E-state index is 5.30. The molecule has 2 nitrogen and oxygen atoms in total. The van der Waals surface area contributed by atoms with E-state index < -0.39 is 0 Å². The fraction of sp³-hybridized carbons (Fsp3) is 0.100. The van der Waals surface area contributed by atoms with E-state index in [-0.39, 0.29) is 0 Å². The van der Waals surface area contributed by atoms with Crippen LogP contribution in [0.2, 0.25) is 0 Å². The maximum absolute atomic E-state index is 5.30. The van der Waals surface area contributed by atoms with Crippen molar-refractivity contribution in [2.45, 2.75) is 27.7 Å². The van der Waals surface area contributed by atoms with Crippen LogP contribution in [-0.2, 0) is 0 Å². The molecule has 6 aromatic carbocycles. The Labute approximate surface area is 244 Å². The van der Waals surface area contributed by atoms with Gasteiger partial charge < -0.3 is 0 Å². The lowest BCUT2D eigenvalue weighted by Gasteiger charge is -2.15. The van der Waals surface area contributed by atoms with E-state index in [0.717, 1.165) is 87.4 Å². The van der Waals surface area contributed by atoms with Crippen LogP contribution in [0.25, 0.3) is 65.2 Å². The molecule has 1 heterocycles. The summed E-state index contributed by atoms with van der Waals surface area (Å²) in [5.74, 6) is 26.1. The Balaban J connectivity index is 1.73. The van der Waals surface area contributed by atoms with Gasteiger partial charge >= 0.3 is 0 Å². The summed E-state index contributed by atoms with van der Waals surface area (Å²) >= 11 is 0. The van der Waals surface area contributed by atoms with Crippen molar-refractivity contribution in [3.05, 3.63) is 95.1 Å². The summed E-state index contributed by atoms with van der Waals surface area (Å²) in [6.45, 7) is 7.49. The van der Waals surface area contributed by atoms with Crippen molar-refractivity contribution in [3.63, 3.8) is 0 Å². The van der Waals surface area contributed by atoms with Crippen molar-refractivity contribution in [1.82, 2.24) is 9.97 Å². The van der Waals surface area contributed by atoms with Crippen LogP contribution in [0.1, 0.15) is 49.9 Å². The van der Waals surface area contributed by atoms with Crippen molar-refractivity contribution in [2.24, 2.45) is 0 Å². The average Bonchev–Trinajstić information content (AvgIpc) is 3.02. The second-order valence-corrected chi connectivity index (χ2v) is 10.0. The van der Waals surface area contributed by atoms with Gasteiger partial charge in [0.25, 0.3) is 0 Å². The Hall–Kier alpha value is -5.80. The molecule has 0 spiro atoms. The summed E-state index contributed by atoms with van der Waals surface area (Å²) in [6, 6.07) is 25.0. The minimum atomic E-state index is 0.805. The van der Waals surface area contributed by atoms with Gasteiger partial charge in [0.1, 0.15) is 0 Å². The van der Waals surface area contributed by atoms with E-state index in [0.29, 0.717) is 0 Å². The highest BCUT2D eigenvalue weighted by Gasteiger charge is 2.19. The monoisotopic (exact) mass is 532 g/mol. The first kappa shape index (κ1) is 25.2. The lowest BCUT2D eigenvalue weighted by Crippen LogP contribution is -1.97. The van der Waals surface area contributed by atoms with Gasteiger partial charge in [-0.15, -0.1) is 23.7 Å². The topological polar surface area (TPSA) is 25.8 Å². The normalized spacial score (nSPS) is 10.6. The Morgan fingerprint density at radius 2 is 0.714 bits per heavy atom. The zero-order valence-corrected chi connectivity index (χ0v) is 23.8. The highest BCUT2D eigenvalue weighted by Crippen LogP contribution is 2.39. The lowest BCUT2D eigenvalue weighted by molar-refractivity contribution is 1.42. The molecule has 2 heteroatoms. The van der Waals surface area contributed by atoms with E-state index in [4.69, 9.17) is 9.97 Å². The van der Waals surface area contributed by atoms with Crippen LogP contribution in [0.15, 0.2) is 72.8 Å². The number of benzene rings is 6. The fourth-order valence-corrected chi connectivity index (χ4v) is 6.16. The van der Waals surface area contributed by atoms with Crippen molar-refractivity contribution >= 4 is 65.2 Å². The van der Waals surface area contributed by atoms with Gasteiger partial charge in [-0.1, -0.05) is 84.3 Å². The average molecular weight is 533 g/mol. The van der Waals surface area contributed by atoms with Crippen LogP contribution in [0, 0.1) is 47.4 Å². The van der Waals surface area contributed by atoms with Crippen LogP contribution >= 0.6 is 0 Å². The van der Waals surface area contributed by atoms with Crippen molar-refractivity contribution in [2.75, 3.05) is 0 Å². The van der Waals surface area contributed by atoms with Crippen molar-refractivity contribution < 1.29 is 0 Å². The number of aromatic nitrogens is 2. The van der Waals surface area contributed by atoms with Gasteiger partial charge in [0.05, 0.1) is 22.1 Å². The third-order valence-electron chi connectivity index (χ3n) is 7.75. The number of rotatable bonds is 0. The van der Waals surface area contributed by atoms with Gasteiger partial charge in [-0.3, -0.25) is 0 Å². The van der Waals surface area contributed by atoms with Crippen LogP contribution in [0.5, 0.6) is 0 Å². The quantitative estimate of drug-likeness (QED) is 0.111. The molecule has 194 valence electrons. The zero-order valence-electron chi connectivity index (χ0n) is 23.8. The van der Waals surface area contributed by atoms with E-state index >= 15 is 0 Å². The molecule has 7 aromatic rings. The van der Waals surface area contributed by atoms with Crippen LogP contribution in [0.4, 0.5) is 0 Å². The van der Waals surface area contributed by atoms with Gasteiger partial charge in [-0.2, -0.15) is 0 Å². The van der Waals surface area contributed by atoms with Gasteiger partial charge in [-0.25, -0.2) is 9.97 Å². The van der Waals surface area contributed by atoms with Gasteiger partial charge in [-0.05, 0) is 61.4 Å². The third-order valence-corrected chi connectivity index (χ3v) is 7.75. The first-order chi connectivity index (χ1) is 20.7. The molecule has 0 bridgehead atoms. The van der Waals surface area contributed by atoms with E-state index in [1.807, 2.05) is 39.8 Å². The standard InChI is InChI=1S/C40H24N2/c1-5-13-25-27-17-9-11-19-29(27)31(15-7-3)37-33(25)21-23-35-39(37)41-36-24-22-34-26(14-6-2)28-18-10-12-20-30(28)32(16-8-4)38(34)40(36)42-35/h9-12,17-24H,1-4H3. The van der Waals surface area contributed by atoms with Gasteiger partial charge in [0.2, 0.25) is 0 Å². The summed E-state index contributed by atoms with van der Waals surface area (Å²) in [6.07, 6.45) is 0. The number of nitrogens with zero attached hydrogens (tertiary/aromatic N) is 2. The molecule has 42 heavy (non-hydrogen) atoms. The molecule has 0 N–H and O–H groups in total. The second kappa shape index (κ2) is 9.99. The van der Waals surface area contributed by atoms with Crippen molar-refractivity contribution in [3.8, 4) is 47.4 Å². The smallest absolute Gasteiger partial charge is 0.0986 e. The first-order valence-electron chi connectivity index (χ1n) is 13.9. The minimum Gasteiger partial charge on any atom is -0.244 e. The van der Waals surface area contributed by atoms with Gasteiger partial charge in [0, 0.05) is 43.8 Å². The highest BCUT2D eigenvalue weighted by molar-refractivity contribution is 6.21. The highest BCUT2D eigenvalue weighted by atomic mass is 14.8. The van der Waals surface area contributed by atoms with E-state index in [1.165, 1.54) is 0 Å². The fourth-order valence-electron chi connectivity index (χ4n) is 6.16. The van der Waals surface area contributed by atoms with Crippen molar-refractivity contribution in [1.29, 1.82) is 0 Å². The summed E-state index contributed by atoms with van der Waals surface area (Å²) in [7, 11) is 0. The summed E-state index contributed by atoms with van der Waals surface area (Å²) in [4.78, 5) is 10.6. The summed E-state index contributed by atoms with van der Waals surface area (Å²) in [5, 5.41) is 8.36. The van der Waals surface area contributed by atoms with Crippen LogP contribution < -0.4 is 0 Å². The predicted molar refractivity (Wildman–Crippen MR) is 177 cm³/mol. The summed E-state index contributed by atoms with van der Waals surface area (Å²) in [5.41, 5.74) is 7.13. The molecule has 0 fully saturated rings. The molecular weight excluding hydrogens is 508 g/mol. The number of hydrogen-bond acceptors (Lipinski definition) is 2. The maximum Gasteiger partial charge on any atom is 0.0986 e. The molecule has 7 rings (SSSR count). The zero-order chi connectivity index (χ0) is 28.8. The van der Waals surface area contributed by atoms with E-state index in [9.17, 15) is 0 Å². The predicted octanol–water partition coefficient (Wildman–Crippen LogP) is 8.88. The second-order valence-electron chi connectivity index (χ2n) is 10.0. The third kappa shape index (κ3) is 3.61. The molecule has 0 unspecified atom stereocenters. The minimum absolute atomic E-state index is 0.805. The molecule has 0 saturated carbocycles. The molecule has 1 aromatic heterocycles. The molecule has 0 saturated heterocycles. The SMILES string of the molecule is CC#Cc1c2ccccc2c(C#CC)c2c1ccc1nc3c(ccc4c(C#CC)c5ccccc5c(C#CC)c43)nc12. The Morgan fingerprint density at radius 3 is 1.07 bits per heavy atom. The lowest BCUT2D eigenvalue weighted by atomic mass is 9.90. The van der Waals surface area contributed by atoms with E-state index in [2.05, 4.69) is 108 Å². The summed E-state index contributed by atoms with van der Waals surface area (Å²) < 4.78 is 0. The Bertz CT molecular complexity index is 2390. The Morgan fingerprint density at radius 1 is 0.381 bits per heavy atom. The molecule has 0 aliphatic heterocycles. The number of fused-ring (bicyclic) bond motifs is 8. The number of hydrogen-bond donors (Lipinski definition) is 0. The van der Waals surface area contributed by atoms with Crippen LogP contribution in [0.3, 0.4) is 0 Å².